The molecular formula is C26H48O2SSi. The Bertz CT molecular complexity index is 633. The topological polar surface area (TPSA) is 18.5 Å². The zero-order chi connectivity index (χ0) is 23.0. The second-order valence-electron chi connectivity index (χ2n) is 10.8. The van der Waals surface area contributed by atoms with Gasteiger partial charge in [0.25, 0.3) is 0 Å². The third-order valence-corrected chi connectivity index (χ3v) is 9.78. The fraction of sp³-hybridized carbons (Fsp3) is 0.769. The highest BCUT2D eigenvalue weighted by atomic mass is 32.1. The predicted octanol–water partition coefficient (Wildman–Crippen LogP) is 8.43. The Morgan fingerprint density at radius 1 is 0.867 bits per heavy atom. The molecule has 0 spiro atoms. The van der Waals surface area contributed by atoms with Gasteiger partial charge >= 0.3 is 8.56 Å². The average molecular weight is 453 g/mol. The van der Waals surface area contributed by atoms with Crippen molar-refractivity contribution in [3.05, 3.63) is 29.3 Å². The van der Waals surface area contributed by atoms with Crippen LogP contribution in [0.4, 0.5) is 0 Å². The maximum absolute atomic E-state index is 6.98. The first kappa shape index (κ1) is 27.6. The fourth-order valence-corrected chi connectivity index (χ4v) is 7.94. The first-order chi connectivity index (χ1) is 13.9. The highest BCUT2D eigenvalue weighted by Crippen LogP contribution is 2.38. The lowest BCUT2D eigenvalue weighted by Crippen LogP contribution is -2.46. The van der Waals surface area contributed by atoms with Gasteiger partial charge in [0.15, 0.2) is 0 Å². The van der Waals surface area contributed by atoms with Gasteiger partial charge in [0.1, 0.15) is 5.75 Å². The summed E-state index contributed by atoms with van der Waals surface area (Å²) in [5, 5.41) is 0.429. The third-order valence-electron chi connectivity index (χ3n) is 5.63. The summed E-state index contributed by atoms with van der Waals surface area (Å²) in [6.07, 6.45) is 5.51. The maximum Gasteiger partial charge on any atom is 0.398 e. The highest BCUT2D eigenvalue weighted by Gasteiger charge is 2.40. The molecule has 0 N–H and O–H groups in total. The van der Waals surface area contributed by atoms with Crippen molar-refractivity contribution in [1.82, 2.24) is 0 Å². The summed E-state index contributed by atoms with van der Waals surface area (Å²) < 4.78 is 13.6. The van der Waals surface area contributed by atoms with Crippen molar-refractivity contribution in [2.24, 2.45) is 0 Å². The van der Waals surface area contributed by atoms with E-state index in [1.165, 1.54) is 17.5 Å². The van der Waals surface area contributed by atoms with Gasteiger partial charge in [0.2, 0.25) is 0 Å². The van der Waals surface area contributed by atoms with E-state index in [2.05, 4.69) is 80.5 Å². The fourth-order valence-electron chi connectivity index (χ4n) is 3.81. The number of hydrogen-bond acceptors (Lipinski definition) is 3. The summed E-state index contributed by atoms with van der Waals surface area (Å²) in [6.45, 7) is 21.1. The van der Waals surface area contributed by atoms with E-state index in [4.69, 9.17) is 21.5 Å². The molecule has 1 rings (SSSR count). The molecule has 174 valence electrons. The van der Waals surface area contributed by atoms with E-state index in [1.54, 1.807) is 0 Å². The van der Waals surface area contributed by atoms with E-state index in [9.17, 15) is 0 Å². The number of thiol groups is 1. The molecule has 2 unspecified atom stereocenters. The summed E-state index contributed by atoms with van der Waals surface area (Å²) in [5.74, 6) is 1.03. The van der Waals surface area contributed by atoms with Crippen molar-refractivity contribution >= 4 is 21.2 Å². The van der Waals surface area contributed by atoms with Crippen LogP contribution in [-0.2, 0) is 15.3 Å². The minimum Gasteiger partial charge on any atom is -0.520 e. The van der Waals surface area contributed by atoms with Gasteiger partial charge in [-0.1, -0.05) is 87.3 Å². The predicted molar refractivity (Wildman–Crippen MR) is 139 cm³/mol. The minimum atomic E-state index is -2.37. The van der Waals surface area contributed by atoms with Gasteiger partial charge in [0, 0.05) is 23.9 Å². The molecule has 0 saturated carbocycles. The van der Waals surface area contributed by atoms with Crippen LogP contribution in [0.3, 0.4) is 0 Å². The second kappa shape index (κ2) is 12.0. The molecule has 2 nitrogen and oxygen atoms in total. The van der Waals surface area contributed by atoms with Crippen molar-refractivity contribution in [3.8, 4) is 5.75 Å². The second-order valence-corrected chi connectivity index (χ2v) is 14.8. The minimum absolute atomic E-state index is 0.0159. The maximum atomic E-state index is 6.98. The highest BCUT2D eigenvalue weighted by molar-refractivity contribution is 7.80. The van der Waals surface area contributed by atoms with Crippen molar-refractivity contribution in [2.75, 3.05) is 6.61 Å². The average Bonchev–Trinajstić information content (AvgIpc) is 2.64. The summed E-state index contributed by atoms with van der Waals surface area (Å²) in [7, 11) is -2.37. The molecular weight excluding hydrogens is 404 g/mol. The first-order valence-electron chi connectivity index (χ1n) is 12.0. The van der Waals surface area contributed by atoms with Crippen LogP contribution in [0, 0.1) is 0 Å². The van der Waals surface area contributed by atoms with E-state index < -0.39 is 8.56 Å². The zero-order valence-electron chi connectivity index (χ0n) is 21.2. The Hall–Kier alpha value is -0.453. The molecule has 0 aliphatic rings. The van der Waals surface area contributed by atoms with Crippen molar-refractivity contribution < 1.29 is 8.85 Å². The Labute approximate surface area is 194 Å². The number of benzene rings is 1. The number of hydrogen-bond donors (Lipinski definition) is 1. The Morgan fingerprint density at radius 3 is 2.03 bits per heavy atom. The summed E-state index contributed by atoms with van der Waals surface area (Å²) in [4.78, 5) is 0. The van der Waals surface area contributed by atoms with Crippen molar-refractivity contribution in [3.63, 3.8) is 0 Å². The van der Waals surface area contributed by atoms with Crippen LogP contribution in [0.2, 0.25) is 12.1 Å². The summed E-state index contributed by atoms with van der Waals surface area (Å²) in [6, 6.07) is 8.86. The Balaban J connectivity index is 3.34. The van der Waals surface area contributed by atoms with Gasteiger partial charge in [-0.25, -0.2) is 0 Å². The molecule has 0 heterocycles. The van der Waals surface area contributed by atoms with E-state index in [1.807, 2.05) is 0 Å². The molecule has 4 heteroatoms. The van der Waals surface area contributed by atoms with Gasteiger partial charge in [-0.2, -0.15) is 12.6 Å². The van der Waals surface area contributed by atoms with Crippen LogP contribution in [-0.4, -0.2) is 20.4 Å². The lowest BCUT2D eigenvalue weighted by atomic mass is 9.80. The van der Waals surface area contributed by atoms with Gasteiger partial charge < -0.3 is 8.85 Å². The Kier molecular flexibility index (Phi) is 11.0. The van der Waals surface area contributed by atoms with Gasteiger partial charge in [-0.15, -0.1) is 0 Å². The monoisotopic (exact) mass is 452 g/mol. The smallest absolute Gasteiger partial charge is 0.398 e. The molecule has 0 amide bonds. The molecule has 0 aromatic heterocycles. The molecule has 1 aromatic rings. The molecule has 0 saturated heterocycles. The SMILES string of the molecule is CCCO[Si](CCC)(CCC(S)CCC)Oc1ccc(C(C)(C)C)cc1C(C)(C)C. The molecule has 0 radical (unpaired) electrons. The van der Waals surface area contributed by atoms with E-state index in [0.29, 0.717) is 5.25 Å². The van der Waals surface area contributed by atoms with Crippen molar-refractivity contribution in [2.45, 2.75) is 123 Å². The van der Waals surface area contributed by atoms with E-state index in [0.717, 1.165) is 50.1 Å². The van der Waals surface area contributed by atoms with E-state index >= 15 is 0 Å². The lowest BCUT2D eigenvalue weighted by Gasteiger charge is -2.35. The molecule has 30 heavy (non-hydrogen) atoms. The van der Waals surface area contributed by atoms with Crippen LogP contribution < -0.4 is 4.43 Å². The number of rotatable bonds is 12. The zero-order valence-corrected chi connectivity index (χ0v) is 23.1. The molecule has 0 bridgehead atoms. The molecule has 0 aliphatic carbocycles. The largest absolute Gasteiger partial charge is 0.520 e. The van der Waals surface area contributed by atoms with Crippen molar-refractivity contribution in [1.29, 1.82) is 0 Å². The van der Waals surface area contributed by atoms with Crippen LogP contribution in [0.5, 0.6) is 5.75 Å². The Morgan fingerprint density at radius 2 is 1.53 bits per heavy atom. The molecule has 1 aromatic carbocycles. The van der Waals surface area contributed by atoms with Crippen LogP contribution in [0.1, 0.15) is 106 Å². The third kappa shape index (κ3) is 8.59. The normalized spacial score (nSPS) is 15.7. The van der Waals surface area contributed by atoms with Crippen LogP contribution >= 0.6 is 12.6 Å². The van der Waals surface area contributed by atoms with Crippen LogP contribution in [0.15, 0.2) is 18.2 Å². The summed E-state index contributed by atoms with van der Waals surface area (Å²) >= 11 is 4.83. The van der Waals surface area contributed by atoms with Gasteiger partial charge in [-0.3, -0.25) is 0 Å². The van der Waals surface area contributed by atoms with Gasteiger partial charge in [0.05, 0.1) is 0 Å². The van der Waals surface area contributed by atoms with Crippen LogP contribution in [0.25, 0.3) is 0 Å². The standard InChI is InChI=1S/C26H48O2SSi/c1-10-13-22(29)16-19-30(18-12-3,27-17-11-2)28-24-15-14-21(25(4,5)6)20-23(24)26(7,8)9/h14-15,20,22,29H,10-13,16-19H2,1-9H3. The molecule has 0 fully saturated rings. The molecule has 2 atom stereocenters. The van der Waals surface area contributed by atoms with E-state index in [-0.39, 0.29) is 10.8 Å². The quantitative estimate of drug-likeness (QED) is 0.253. The lowest BCUT2D eigenvalue weighted by molar-refractivity contribution is 0.232. The first-order valence-corrected chi connectivity index (χ1v) is 14.8. The van der Waals surface area contributed by atoms with Gasteiger partial charge in [-0.05, 0) is 47.3 Å². The molecule has 0 aliphatic heterocycles. The summed E-state index contributed by atoms with van der Waals surface area (Å²) in [5.41, 5.74) is 2.78.